The van der Waals surface area contributed by atoms with Gasteiger partial charge in [-0.3, -0.25) is 9.13 Å². The lowest BCUT2D eigenvalue weighted by atomic mass is 10.1. The van der Waals surface area contributed by atoms with Gasteiger partial charge in [-0.05, 0) is 88.0 Å². The second kappa shape index (κ2) is 22.1. The molecular weight excluding hydrogens is 1100 g/mol. The third-order valence-corrected chi connectivity index (χ3v) is 27.3. The highest BCUT2D eigenvalue weighted by Crippen LogP contribution is 2.35. The van der Waals surface area contributed by atoms with Gasteiger partial charge in [0.15, 0.2) is 22.0 Å². The molecule has 0 atom stereocenters. The summed E-state index contributed by atoms with van der Waals surface area (Å²) in [4.78, 5) is 17.4. The fourth-order valence-corrected chi connectivity index (χ4v) is 23.9. The van der Waals surface area contributed by atoms with Crippen LogP contribution in [0, 0.1) is 0 Å². The largest absolute Gasteiger partial charge is 0.278 e. The predicted octanol–water partition coefficient (Wildman–Crippen LogP) is 13.8. The topological polar surface area (TPSA) is 48.5 Å². The zero-order chi connectivity index (χ0) is 58.4. The molecule has 0 aliphatic carbocycles. The summed E-state index contributed by atoms with van der Waals surface area (Å²) in [5.74, 6) is 1.62. The van der Waals surface area contributed by atoms with E-state index in [9.17, 15) is 0 Å². The summed E-state index contributed by atoms with van der Waals surface area (Å²) in [6, 6.07) is 128. The zero-order valence-corrected chi connectivity index (χ0v) is 50.1. The van der Waals surface area contributed by atoms with E-state index in [1.54, 1.807) is 0 Å². The maximum atomic E-state index is 5.87. The maximum absolute atomic E-state index is 5.87. The van der Waals surface area contributed by atoms with Crippen LogP contribution < -0.4 is 41.5 Å². The molecule has 414 valence electrons. The molecule has 0 spiro atoms. The van der Waals surface area contributed by atoms with Gasteiger partial charge in [-0.25, -0.2) is 0 Å². The van der Waals surface area contributed by atoms with Crippen LogP contribution in [0.15, 0.2) is 346 Å². The van der Waals surface area contributed by atoms with E-state index >= 15 is 0 Å². The Balaban J connectivity index is 1.10. The molecule has 0 saturated carbocycles. The monoisotopic (exact) mass is 1160 g/mol. The minimum absolute atomic E-state index is 0.529. The highest BCUT2D eigenvalue weighted by atomic mass is 28.3. The van der Waals surface area contributed by atoms with Crippen LogP contribution in [0.25, 0.3) is 89.2 Å². The van der Waals surface area contributed by atoms with E-state index in [1.165, 1.54) is 52.6 Å². The second-order valence-electron chi connectivity index (χ2n) is 22.7. The molecule has 0 aliphatic rings. The molecule has 0 radical (unpaired) electrons. The van der Waals surface area contributed by atoms with Crippen LogP contribution >= 0.6 is 0 Å². The standard InChI is InChI=1S/C81H57N5Si2/c1-7-29-58(30-8-1)60-33-27-43-67(53-60)87(63-35-11-3-12-36-63,64-37-13-4-14-38-64)69-55-62(56-70(57-69)88(65-39-15-5-16-40-65,66-41-17-6-18-42-66)68-44-28-34-61(54-68)59-31-9-2-10-32-59)79-82-80(85-75-49-23-19-45-71(75)72-46-20-24-50-76(72)85)84-81(83-79)86-77-51-25-21-47-73(77)74-48-22-26-52-78(74)86/h1-57H. The fraction of sp³-hybridized carbons (Fsp3) is 0. The van der Waals surface area contributed by atoms with Gasteiger partial charge in [0.2, 0.25) is 11.9 Å². The van der Waals surface area contributed by atoms with E-state index in [-0.39, 0.29) is 0 Å². The summed E-state index contributed by atoms with van der Waals surface area (Å²) in [5, 5.41) is 14.5. The van der Waals surface area contributed by atoms with Crippen LogP contribution in [-0.2, 0) is 0 Å². The molecule has 0 fully saturated rings. The van der Waals surface area contributed by atoms with Crippen LogP contribution in [0.1, 0.15) is 0 Å². The van der Waals surface area contributed by atoms with E-state index in [0.717, 1.165) is 60.3 Å². The number of nitrogens with zero attached hydrogens (tertiary/aromatic N) is 5. The van der Waals surface area contributed by atoms with E-state index in [4.69, 9.17) is 15.0 Å². The van der Waals surface area contributed by atoms with E-state index < -0.39 is 16.1 Å². The second-order valence-corrected chi connectivity index (χ2v) is 30.3. The molecule has 16 aromatic rings. The van der Waals surface area contributed by atoms with Gasteiger partial charge in [-0.2, -0.15) is 15.0 Å². The van der Waals surface area contributed by atoms with Crippen molar-refractivity contribution in [2.75, 3.05) is 0 Å². The molecule has 0 aliphatic heterocycles. The van der Waals surface area contributed by atoms with Gasteiger partial charge in [-0.15, -0.1) is 0 Å². The fourth-order valence-electron chi connectivity index (χ4n) is 14.0. The number of benzene rings is 13. The van der Waals surface area contributed by atoms with Gasteiger partial charge >= 0.3 is 0 Å². The Kier molecular flexibility index (Phi) is 13.2. The molecule has 0 saturated heterocycles. The summed E-state index contributed by atoms with van der Waals surface area (Å²) < 4.78 is 4.48. The first-order valence-electron chi connectivity index (χ1n) is 30.1. The SMILES string of the molecule is c1ccc(-c2cccc([Si](c3ccccc3)(c3ccccc3)c3cc(-c4nc(-n5c6ccccc6c6ccccc65)nc(-n5c6ccccc6c6ccccc65)n4)cc([Si](c4ccccc4)(c4ccccc4)c4cccc(-c5ccccc5)c4)c3)c2)cc1. The molecule has 5 nitrogen and oxygen atoms in total. The minimum Gasteiger partial charge on any atom is -0.278 e. The number of hydrogen-bond donors (Lipinski definition) is 0. The van der Waals surface area contributed by atoms with Crippen molar-refractivity contribution in [2.24, 2.45) is 0 Å². The first-order valence-corrected chi connectivity index (χ1v) is 34.1. The van der Waals surface area contributed by atoms with Crippen molar-refractivity contribution in [1.82, 2.24) is 24.1 Å². The average molecular weight is 1160 g/mol. The molecule has 88 heavy (non-hydrogen) atoms. The van der Waals surface area contributed by atoms with Crippen molar-refractivity contribution in [2.45, 2.75) is 0 Å². The predicted molar refractivity (Wildman–Crippen MR) is 372 cm³/mol. The van der Waals surface area contributed by atoms with E-state index in [0.29, 0.717) is 17.7 Å². The molecule has 16 rings (SSSR count). The van der Waals surface area contributed by atoms with Gasteiger partial charge < -0.3 is 0 Å². The quantitative estimate of drug-likeness (QED) is 0.0854. The average Bonchev–Trinajstić information content (AvgIpc) is 1.06. The molecular formula is C81H57N5Si2. The summed E-state index contributed by atoms with van der Waals surface area (Å²) in [6.07, 6.45) is 0. The highest BCUT2D eigenvalue weighted by molar-refractivity contribution is 7.22. The number of rotatable bonds is 13. The summed E-state index contributed by atoms with van der Waals surface area (Å²) >= 11 is 0. The molecule has 13 aromatic carbocycles. The normalized spacial score (nSPS) is 11.9. The molecule has 7 heteroatoms. The number of hydrogen-bond acceptors (Lipinski definition) is 3. The van der Waals surface area contributed by atoms with Crippen molar-refractivity contribution in [3.05, 3.63) is 346 Å². The zero-order valence-electron chi connectivity index (χ0n) is 48.1. The number of para-hydroxylation sites is 4. The molecule has 3 aromatic heterocycles. The first kappa shape index (κ1) is 52.5. The van der Waals surface area contributed by atoms with Crippen LogP contribution in [0.5, 0.6) is 0 Å². The van der Waals surface area contributed by atoms with Crippen molar-refractivity contribution < 1.29 is 0 Å². The highest BCUT2D eigenvalue weighted by Gasteiger charge is 2.46. The lowest BCUT2D eigenvalue weighted by Crippen LogP contribution is -2.78. The molecule has 0 N–H and O–H groups in total. The van der Waals surface area contributed by atoms with Crippen LogP contribution in [0.3, 0.4) is 0 Å². The smallest absolute Gasteiger partial charge is 0.240 e. The maximum Gasteiger partial charge on any atom is 0.240 e. The number of fused-ring (bicyclic) bond motifs is 6. The Morgan fingerprint density at radius 1 is 0.193 bits per heavy atom. The van der Waals surface area contributed by atoms with Gasteiger partial charge in [-0.1, -0.05) is 322 Å². The van der Waals surface area contributed by atoms with Gasteiger partial charge in [0.05, 0.1) is 22.1 Å². The summed E-state index contributed by atoms with van der Waals surface area (Å²) in [7, 11) is -6.89. The Labute approximate surface area is 513 Å². The Hall–Kier alpha value is -11.1. The first-order chi connectivity index (χ1) is 43.6. The van der Waals surface area contributed by atoms with Crippen molar-refractivity contribution in [1.29, 1.82) is 0 Å². The Bertz CT molecular complexity index is 4700. The van der Waals surface area contributed by atoms with E-state index in [1.807, 2.05) is 0 Å². The summed E-state index contributed by atoms with van der Waals surface area (Å²) in [5.41, 5.74) is 9.61. The van der Waals surface area contributed by atoms with Gasteiger partial charge in [0.25, 0.3) is 0 Å². The third kappa shape index (κ3) is 8.70. The minimum atomic E-state index is -3.44. The van der Waals surface area contributed by atoms with Crippen molar-refractivity contribution in [3.8, 4) is 45.5 Å². The Morgan fingerprint density at radius 3 is 0.784 bits per heavy atom. The molecule has 0 unspecified atom stereocenters. The van der Waals surface area contributed by atoms with Gasteiger partial charge in [0.1, 0.15) is 0 Å². The van der Waals surface area contributed by atoms with Crippen LogP contribution in [-0.4, -0.2) is 40.2 Å². The van der Waals surface area contributed by atoms with Crippen molar-refractivity contribution >= 4 is 101 Å². The lowest BCUT2D eigenvalue weighted by Gasteiger charge is -2.38. The molecule has 3 heterocycles. The van der Waals surface area contributed by atoms with Crippen molar-refractivity contribution in [3.63, 3.8) is 0 Å². The van der Waals surface area contributed by atoms with Crippen LogP contribution in [0.4, 0.5) is 0 Å². The molecule has 0 bridgehead atoms. The number of aromatic nitrogens is 5. The Morgan fingerprint density at radius 2 is 0.455 bits per heavy atom. The van der Waals surface area contributed by atoms with E-state index in [2.05, 4.69) is 355 Å². The summed E-state index contributed by atoms with van der Waals surface area (Å²) in [6.45, 7) is 0. The molecule has 0 amide bonds. The van der Waals surface area contributed by atoms with Gasteiger partial charge in [0, 0.05) is 27.1 Å². The van der Waals surface area contributed by atoms with Crippen LogP contribution in [0.2, 0.25) is 0 Å². The lowest BCUT2D eigenvalue weighted by molar-refractivity contribution is 0.893. The third-order valence-electron chi connectivity index (χ3n) is 17.9.